The van der Waals surface area contributed by atoms with Crippen molar-refractivity contribution in [1.29, 1.82) is 0 Å². The van der Waals surface area contributed by atoms with E-state index in [0.717, 1.165) is 11.3 Å². The van der Waals surface area contributed by atoms with Crippen molar-refractivity contribution in [2.45, 2.75) is 212 Å². The molecule has 0 saturated carbocycles. The molecule has 0 aliphatic carbocycles. The molecule has 1 unspecified atom stereocenters. The number of thiazole rings is 1. The summed E-state index contributed by atoms with van der Waals surface area (Å²) in [5.41, 5.74) is 17.5. The van der Waals surface area contributed by atoms with Crippen LogP contribution in [0, 0.1) is 23.7 Å². The number of carbonyl (C=O) groups is 15. The van der Waals surface area contributed by atoms with Crippen molar-refractivity contribution >= 4 is 100 Å². The Bertz CT molecular complexity index is 3300. The average molecular weight is 1440 g/mol. The first kappa shape index (κ1) is 85.5. The molecule has 11 amide bonds. The number of carboxylic acids is 3. The van der Waals surface area contributed by atoms with E-state index in [-0.39, 0.29) is 105 Å². The molecule has 101 heavy (non-hydrogen) atoms. The highest BCUT2D eigenvalue weighted by Gasteiger charge is 2.39. The fraction of sp³-hybridized carbons (Fsp3) is 0.591. The molecule has 0 radical (unpaired) electrons. The van der Waals surface area contributed by atoms with E-state index in [2.05, 4.69) is 62.8 Å². The van der Waals surface area contributed by atoms with Gasteiger partial charge in [-0.25, -0.2) is 14.8 Å². The standard InChI is InChI=1S/C66H100N16O18S/c1-9-35(6)52(82-57(91)42(22-23-50(84)85)73-58(92)43(26-34(4)5)75-62(96)48-32-101-65(80-48)54(88)37(8)11-3)63(97)74-40(20-15-16-24-67)55(89)72-41(21-17-25-68)56(90)81-53(36(7)10-2)64(98)78-44(27-38-18-13-12-14-19-38)59(93)76-45(28-39-31-70-33-71-39)60(94)77-46(30-51(86)87)61(95)79-47(66(99)100)29-49(69)83/h12-14,18-19,31-37,40-47,52-53H,9-11,15-17,20-30,67-68H2,1-8H3,(H2,69,83)(H,70,71)(H,72,89)(H,73,92)(H,74,97)(H,75,96)(H,76,93)(H,77,94)(H,78,98)(H,79,95)(H,81,90)(H,82,91)(H,84,85)(H,86,87)(H,99,100)/t35-,36-,37?,40-,41-,42+,43-,44+,45-,46+,47-,52-,53-/m0/s1. The third-order valence-corrected chi connectivity index (χ3v) is 17.5. The molecule has 0 spiro atoms. The first-order chi connectivity index (χ1) is 47.8. The highest BCUT2D eigenvalue weighted by Crippen LogP contribution is 2.19. The minimum absolute atomic E-state index is 0.0309. The number of amides is 11. The maximum absolute atomic E-state index is 14.8. The van der Waals surface area contributed by atoms with Crippen LogP contribution in [0.4, 0.5) is 0 Å². The zero-order chi connectivity index (χ0) is 75.6. The Kier molecular flexibility index (Phi) is 37.0. The largest absolute Gasteiger partial charge is 0.481 e. The molecule has 34 nitrogen and oxygen atoms in total. The Hall–Kier alpha value is -9.77. The number of aliphatic carboxylic acids is 3. The summed E-state index contributed by atoms with van der Waals surface area (Å²) in [7, 11) is 0. The second kappa shape index (κ2) is 43.7. The van der Waals surface area contributed by atoms with Gasteiger partial charge in [-0.1, -0.05) is 98.6 Å². The lowest BCUT2D eigenvalue weighted by molar-refractivity contribution is -0.145. The van der Waals surface area contributed by atoms with Crippen LogP contribution in [0.15, 0.2) is 48.2 Å². The van der Waals surface area contributed by atoms with E-state index < -0.39 is 181 Å². The van der Waals surface area contributed by atoms with E-state index in [1.807, 2.05) is 12.2 Å². The molecule has 2 aromatic heterocycles. The van der Waals surface area contributed by atoms with Crippen LogP contribution in [0.25, 0.3) is 0 Å². The molecule has 0 fully saturated rings. The number of carboxylic acid groups (broad SMARTS) is 3. The number of aromatic nitrogens is 3. The van der Waals surface area contributed by atoms with E-state index in [9.17, 15) is 87.2 Å². The second-order valence-electron chi connectivity index (χ2n) is 25.3. The number of hydrogen-bond acceptors (Lipinski definition) is 20. The van der Waals surface area contributed by atoms with E-state index in [4.69, 9.17) is 17.2 Å². The fourth-order valence-corrected chi connectivity index (χ4v) is 11.0. The second-order valence-corrected chi connectivity index (χ2v) is 26.1. The van der Waals surface area contributed by atoms with Crippen LogP contribution in [0.3, 0.4) is 0 Å². The summed E-state index contributed by atoms with van der Waals surface area (Å²) in [5, 5.41) is 55.9. The van der Waals surface area contributed by atoms with Gasteiger partial charge in [-0.2, -0.15) is 0 Å². The molecule has 0 saturated heterocycles. The molecule has 20 N–H and O–H groups in total. The molecule has 2 heterocycles. The first-order valence-electron chi connectivity index (χ1n) is 33.7. The van der Waals surface area contributed by atoms with Crippen LogP contribution in [0.5, 0.6) is 0 Å². The first-order valence-corrected chi connectivity index (χ1v) is 34.6. The van der Waals surface area contributed by atoms with Gasteiger partial charge in [0, 0.05) is 42.5 Å². The van der Waals surface area contributed by atoms with E-state index in [1.165, 1.54) is 17.9 Å². The van der Waals surface area contributed by atoms with Crippen LogP contribution in [0.1, 0.15) is 170 Å². The van der Waals surface area contributed by atoms with E-state index >= 15 is 0 Å². The molecule has 1 aromatic carbocycles. The highest BCUT2D eigenvalue weighted by molar-refractivity contribution is 7.12. The molecular weight excluding hydrogens is 1340 g/mol. The number of Topliss-reactive ketones (excluding diaryl/α,β-unsaturated/α-hetero) is 1. The van der Waals surface area contributed by atoms with Crippen LogP contribution in [-0.2, 0) is 75.2 Å². The summed E-state index contributed by atoms with van der Waals surface area (Å²) >= 11 is 0.972. The number of nitrogens with zero attached hydrogens (tertiary/aromatic N) is 2. The molecule has 3 rings (SSSR count). The Balaban J connectivity index is 1.97. The number of aromatic amines is 1. The smallest absolute Gasteiger partial charge is 0.326 e. The molecule has 558 valence electrons. The number of unbranched alkanes of at least 4 members (excludes halogenated alkanes) is 1. The zero-order valence-electron chi connectivity index (χ0n) is 58.2. The number of benzene rings is 1. The van der Waals surface area contributed by atoms with Crippen molar-refractivity contribution in [1.82, 2.24) is 68.1 Å². The summed E-state index contributed by atoms with van der Waals surface area (Å²) in [4.78, 5) is 214. The summed E-state index contributed by atoms with van der Waals surface area (Å²) in [5.74, 6) is -17.5. The van der Waals surface area contributed by atoms with Gasteiger partial charge in [0.15, 0.2) is 10.8 Å². The predicted octanol–water partition coefficient (Wildman–Crippen LogP) is -0.652. The number of H-pyrrole nitrogens is 1. The topological polar surface area (TPSA) is 557 Å². The number of ketones is 1. The number of hydrogen-bond donors (Lipinski definition) is 17. The molecule has 0 aliphatic rings. The molecule has 3 aromatic rings. The summed E-state index contributed by atoms with van der Waals surface area (Å²) in [6, 6.07) is -7.36. The number of rotatable bonds is 48. The van der Waals surface area contributed by atoms with Crippen molar-refractivity contribution in [2.24, 2.45) is 40.9 Å². The van der Waals surface area contributed by atoms with Crippen molar-refractivity contribution in [3.8, 4) is 0 Å². The lowest BCUT2D eigenvalue weighted by atomic mass is 9.96. The number of nitrogens with two attached hydrogens (primary N) is 3. The Morgan fingerprint density at radius 3 is 1.49 bits per heavy atom. The van der Waals surface area contributed by atoms with Crippen LogP contribution in [0.2, 0.25) is 0 Å². The number of nitrogens with one attached hydrogen (secondary N) is 11. The van der Waals surface area contributed by atoms with Gasteiger partial charge in [-0.3, -0.25) is 67.1 Å². The van der Waals surface area contributed by atoms with Gasteiger partial charge in [-0.15, -0.1) is 11.3 Å². The van der Waals surface area contributed by atoms with Crippen LogP contribution in [-0.4, -0.2) is 192 Å². The van der Waals surface area contributed by atoms with Crippen LogP contribution >= 0.6 is 11.3 Å². The van der Waals surface area contributed by atoms with Gasteiger partial charge in [0.1, 0.15) is 66.1 Å². The molecule has 0 aliphatic heterocycles. The summed E-state index contributed by atoms with van der Waals surface area (Å²) in [6.07, 6.45) is 0.675. The Morgan fingerprint density at radius 1 is 0.515 bits per heavy atom. The summed E-state index contributed by atoms with van der Waals surface area (Å²) < 4.78 is 0. The highest BCUT2D eigenvalue weighted by atomic mass is 32.1. The zero-order valence-corrected chi connectivity index (χ0v) is 59.0. The quantitative estimate of drug-likeness (QED) is 0.0247. The minimum atomic E-state index is -1.97. The van der Waals surface area contributed by atoms with E-state index in [1.54, 1.807) is 78.8 Å². The Morgan fingerprint density at radius 2 is 0.990 bits per heavy atom. The molecular formula is C66H100N16O18S. The average Bonchev–Trinajstić information content (AvgIpc) is 1.21. The molecule has 35 heteroatoms. The monoisotopic (exact) mass is 1440 g/mol. The molecule has 13 atom stereocenters. The van der Waals surface area contributed by atoms with Crippen LogP contribution < -0.4 is 70.4 Å². The lowest BCUT2D eigenvalue weighted by Gasteiger charge is -2.30. The number of carbonyl (C=O) groups excluding carboxylic acids is 12. The predicted molar refractivity (Wildman–Crippen MR) is 367 cm³/mol. The maximum atomic E-state index is 14.8. The maximum Gasteiger partial charge on any atom is 0.326 e. The minimum Gasteiger partial charge on any atom is -0.481 e. The van der Waals surface area contributed by atoms with Crippen molar-refractivity contribution in [2.75, 3.05) is 13.1 Å². The fourth-order valence-electron chi connectivity index (χ4n) is 10.2. The van der Waals surface area contributed by atoms with Gasteiger partial charge in [0.2, 0.25) is 59.1 Å². The van der Waals surface area contributed by atoms with Gasteiger partial charge in [-0.05, 0) is 87.8 Å². The lowest BCUT2D eigenvalue weighted by Crippen LogP contribution is -2.62. The SMILES string of the molecule is CCC(C)C(=O)c1nc(C(=O)N[C@@H](CC(C)C)C(=O)N[C@H](CCC(=O)O)C(=O)N[C@H](C(=O)N[C@@H](CCCCN)C(=O)N[C@@H](CCCN)C(=O)N[C@H](C(=O)N[C@H](Cc2ccccc2)C(=O)N[C@@H](Cc2cnc[nH]2)C(=O)N[C@H](CC(=O)O)C(=O)N[C@@H](CC(N)=O)C(=O)O)[C@@H](C)CC)[C@@H](C)CC)cs1. The summed E-state index contributed by atoms with van der Waals surface area (Å²) in [6.45, 7) is 14.0. The Labute approximate surface area is 589 Å². The van der Waals surface area contributed by atoms with Gasteiger partial charge >= 0.3 is 17.9 Å². The van der Waals surface area contributed by atoms with Crippen molar-refractivity contribution in [3.63, 3.8) is 0 Å². The third kappa shape index (κ3) is 29.5. The third-order valence-electron chi connectivity index (χ3n) is 16.7. The van der Waals surface area contributed by atoms with Gasteiger partial charge in [0.25, 0.3) is 5.91 Å². The number of imidazole rings is 1. The van der Waals surface area contributed by atoms with Gasteiger partial charge in [0.05, 0.1) is 19.2 Å². The normalized spacial score (nSPS) is 15.0. The molecule has 0 bridgehead atoms. The number of primary amides is 1. The van der Waals surface area contributed by atoms with Gasteiger partial charge < -0.3 is 90.7 Å². The van der Waals surface area contributed by atoms with E-state index in [0.29, 0.717) is 18.4 Å². The van der Waals surface area contributed by atoms with Crippen molar-refractivity contribution in [3.05, 3.63) is 70.2 Å². The van der Waals surface area contributed by atoms with Crippen molar-refractivity contribution < 1.29 is 87.2 Å².